The number of carbonyl (C=O) groups excluding carboxylic acids is 1. The molecular formula is C10H16O3. The zero-order chi connectivity index (χ0) is 9.80. The van der Waals surface area contributed by atoms with Gasteiger partial charge in [0.2, 0.25) is 0 Å². The molecule has 4 atom stereocenters. The van der Waals surface area contributed by atoms with Gasteiger partial charge in [0, 0.05) is 11.3 Å². The average Bonchev–Trinajstić information content (AvgIpc) is 2.08. The van der Waals surface area contributed by atoms with Gasteiger partial charge in [0.1, 0.15) is 5.78 Å². The molecule has 2 saturated carbocycles. The predicted octanol–water partition coefficient (Wildman–Crippen LogP) is 0.343. The zero-order valence-corrected chi connectivity index (χ0v) is 8.03. The van der Waals surface area contributed by atoms with E-state index in [1.54, 1.807) is 0 Å². The molecule has 0 spiro atoms. The van der Waals surface area contributed by atoms with Gasteiger partial charge >= 0.3 is 0 Å². The minimum absolute atomic E-state index is 0.00778. The van der Waals surface area contributed by atoms with Crippen molar-refractivity contribution in [2.24, 2.45) is 17.3 Å². The van der Waals surface area contributed by atoms with E-state index in [-0.39, 0.29) is 23.0 Å². The smallest absolute Gasteiger partial charge is 0.142 e. The standard InChI is InChI=1S/C10H16O3/c1-10(2)6-4-8(12)7(11)3-5(6)9(10)13/h5-8,11-12H,3-4H2,1-2H3/t5-,6+,7-,8+/m0/s1. The van der Waals surface area contributed by atoms with Crippen LogP contribution in [0.4, 0.5) is 0 Å². The molecule has 0 aromatic carbocycles. The fourth-order valence-electron chi connectivity index (χ4n) is 2.81. The molecule has 2 N–H and O–H groups in total. The lowest BCUT2D eigenvalue weighted by atomic mass is 9.49. The molecule has 0 aromatic heterocycles. The number of aliphatic hydroxyl groups excluding tert-OH is 2. The Hall–Kier alpha value is -0.410. The Kier molecular flexibility index (Phi) is 1.79. The molecule has 74 valence electrons. The van der Waals surface area contributed by atoms with Gasteiger partial charge < -0.3 is 10.2 Å². The van der Waals surface area contributed by atoms with E-state index in [4.69, 9.17) is 0 Å². The van der Waals surface area contributed by atoms with Crippen LogP contribution in [0.5, 0.6) is 0 Å². The fourth-order valence-corrected chi connectivity index (χ4v) is 2.81. The second-order valence-corrected chi connectivity index (χ2v) is 4.91. The van der Waals surface area contributed by atoms with Crippen LogP contribution in [0.25, 0.3) is 0 Å². The third-order valence-corrected chi connectivity index (χ3v) is 3.82. The molecule has 0 bridgehead atoms. The molecule has 0 saturated heterocycles. The summed E-state index contributed by atoms with van der Waals surface area (Å²) in [4.78, 5) is 11.6. The topological polar surface area (TPSA) is 57.5 Å². The number of hydrogen-bond donors (Lipinski definition) is 2. The summed E-state index contributed by atoms with van der Waals surface area (Å²) >= 11 is 0. The number of carbonyl (C=O) groups is 1. The number of Topliss-reactive ketones (excluding diaryl/α,β-unsaturated/α-hetero) is 1. The molecule has 3 heteroatoms. The first-order valence-electron chi connectivity index (χ1n) is 4.85. The van der Waals surface area contributed by atoms with E-state index >= 15 is 0 Å². The Balaban J connectivity index is 2.15. The molecule has 2 fully saturated rings. The largest absolute Gasteiger partial charge is 0.390 e. The monoisotopic (exact) mass is 184 g/mol. The predicted molar refractivity (Wildman–Crippen MR) is 47.0 cm³/mol. The Morgan fingerprint density at radius 1 is 1.23 bits per heavy atom. The first kappa shape index (κ1) is 9.16. The molecule has 0 unspecified atom stereocenters. The summed E-state index contributed by atoms with van der Waals surface area (Å²) in [7, 11) is 0. The van der Waals surface area contributed by atoms with Crippen molar-refractivity contribution in [1.82, 2.24) is 0 Å². The van der Waals surface area contributed by atoms with Gasteiger partial charge in [0.15, 0.2) is 0 Å². The van der Waals surface area contributed by atoms with E-state index in [0.717, 1.165) is 0 Å². The minimum atomic E-state index is -0.693. The normalized spacial score (nSPS) is 48.2. The van der Waals surface area contributed by atoms with Crippen LogP contribution in [0.3, 0.4) is 0 Å². The highest BCUT2D eigenvalue weighted by molar-refractivity contribution is 5.93. The second kappa shape index (κ2) is 2.55. The number of hydrogen-bond acceptors (Lipinski definition) is 3. The number of fused-ring (bicyclic) bond motifs is 1. The van der Waals surface area contributed by atoms with Gasteiger partial charge in [0.05, 0.1) is 12.2 Å². The zero-order valence-electron chi connectivity index (χ0n) is 8.03. The van der Waals surface area contributed by atoms with Crippen LogP contribution >= 0.6 is 0 Å². The number of aliphatic hydroxyl groups is 2. The highest BCUT2D eigenvalue weighted by atomic mass is 16.3. The maximum absolute atomic E-state index is 11.6. The highest BCUT2D eigenvalue weighted by Crippen LogP contribution is 2.54. The first-order chi connectivity index (χ1) is 5.94. The summed E-state index contributed by atoms with van der Waals surface area (Å²) in [5.74, 6) is 0.537. The SMILES string of the molecule is CC1(C)C(=O)[C@H]2C[C@H](O)[C@H](O)C[C@H]21. The molecule has 0 radical (unpaired) electrons. The molecule has 13 heavy (non-hydrogen) atoms. The fraction of sp³-hybridized carbons (Fsp3) is 0.900. The van der Waals surface area contributed by atoms with Gasteiger partial charge in [-0.2, -0.15) is 0 Å². The van der Waals surface area contributed by atoms with Crippen molar-refractivity contribution in [1.29, 1.82) is 0 Å². The van der Waals surface area contributed by atoms with E-state index in [1.165, 1.54) is 0 Å². The molecule has 3 nitrogen and oxygen atoms in total. The third-order valence-electron chi connectivity index (χ3n) is 3.82. The third kappa shape index (κ3) is 1.07. The van der Waals surface area contributed by atoms with E-state index in [2.05, 4.69) is 0 Å². The summed E-state index contributed by atoms with van der Waals surface area (Å²) in [6.45, 7) is 3.86. The Labute approximate surface area is 77.8 Å². The Morgan fingerprint density at radius 3 is 2.38 bits per heavy atom. The lowest BCUT2D eigenvalue weighted by Crippen LogP contribution is -2.60. The van der Waals surface area contributed by atoms with E-state index in [0.29, 0.717) is 12.8 Å². The molecule has 0 amide bonds. The summed E-state index contributed by atoms with van der Waals surface area (Å²) < 4.78 is 0. The lowest BCUT2D eigenvalue weighted by Gasteiger charge is -2.54. The maximum atomic E-state index is 11.6. The van der Waals surface area contributed by atoms with Crippen molar-refractivity contribution in [2.75, 3.05) is 0 Å². The quantitative estimate of drug-likeness (QED) is 0.571. The molecule has 2 aliphatic rings. The highest BCUT2D eigenvalue weighted by Gasteiger charge is 2.58. The summed E-state index contributed by atoms with van der Waals surface area (Å²) in [6.07, 6.45) is -0.298. The van der Waals surface area contributed by atoms with Gasteiger partial charge in [-0.05, 0) is 18.8 Å². The van der Waals surface area contributed by atoms with Crippen LogP contribution in [0.1, 0.15) is 26.7 Å². The van der Waals surface area contributed by atoms with Crippen molar-refractivity contribution in [3.05, 3.63) is 0 Å². The van der Waals surface area contributed by atoms with Crippen molar-refractivity contribution >= 4 is 5.78 Å². The van der Waals surface area contributed by atoms with E-state index < -0.39 is 12.2 Å². The van der Waals surface area contributed by atoms with Crippen molar-refractivity contribution in [3.8, 4) is 0 Å². The van der Waals surface area contributed by atoms with Crippen molar-refractivity contribution in [2.45, 2.75) is 38.9 Å². The van der Waals surface area contributed by atoms with Gasteiger partial charge in [-0.15, -0.1) is 0 Å². The maximum Gasteiger partial charge on any atom is 0.142 e. The summed E-state index contributed by atoms with van der Waals surface area (Å²) in [5, 5.41) is 18.8. The minimum Gasteiger partial charge on any atom is -0.390 e. The first-order valence-corrected chi connectivity index (χ1v) is 4.85. The van der Waals surface area contributed by atoms with Crippen molar-refractivity contribution < 1.29 is 15.0 Å². The Bertz CT molecular complexity index is 247. The molecule has 0 aromatic rings. The van der Waals surface area contributed by atoms with Gasteiger partial charge in [0.25, 0.3) is 0 Å². The van der Waals surface area contributed by atoms with Crippen LogP contribution in [0, 0.1) is 17.3 Å². The molecule has 0 aliphatic heterocycles. The van der Waals surface area contributed by atoms with E-state index in [1.807, 2.05) is 13.8 Å². The average molecular weight is 184 g/mol. The number of rotatable bonds is 0. The second-order valence-electron chi connectivity index (χ2n) is 4.91. The Morgan fingerprint density at radius 2 is 1.77 bits per heavy atom. The van der Waals surface area contributed by atoms with Gasteiger partial charge in [-0.3, -0.25) is 4.79 Å². The van der Waals surface area contributed by atoms with Crippen LogP contribution in [0.15, 0.2) is 0 Å². The molecule has 2 rings (SSSR count). The van der Waals surface area contributed by atoms with E-state index in [9.17, 15) is 15.0 Å². The lowest BCUT2D eigenvalue weighted by molar-refractivity contribution is -0.170. The van der Waals surface area contributed by atoms with Crippen LogP contribution in [-0.2, 0) is 4.79 Å². The van der Waals surface area contributed by atoms with Gasteiger partial charge in [-0.1, -0.05) is 13.8 Å². The van der Waals surface area contributed by atoms with Crippen LogP contribution < -0.4 is 0 Å². The van der Waals surface area contributed by atoms with Crippen molar-refractivity contribution in [3.63, 3.8) is 0 Å². The molecule has 0 heterocycles. The summed E-state index contributed by atoms with van der Waals surface area (Å²) in [5.41, 5.74) is -0.272. The molecule has 2 aliphatic carbocycles. The summed E-state index contributed by atoms with van der Waals surface area (Å²) in [6, 6.07) is 0. The van der Waals surface area contributed by atoms with Crippen LogP contribution in [0.2, 0.25) is 0 Å². The molecular weight excluding hydrogens is 168 g/mol. The number of ketones is 1. The van der Waals surface area contributed by atoms with Gasteiger partial charge in [-0.25, -0.2) is 0 Å². The van der Waals surface area contributed by atoms with Crippen LogP contribution in [-0.4, -0.2) is 28.2 Å².